The monoisotopic (exact) mass is 311 g/mol. The molecule has 1 aromatic rings. The van der Waals surface area contributed by atoms with E-state index in [2.05, 4.69) is 39.9 Å². The fourth-order valence-corrected chi connectivity index (χ4v) is 2.97. The van der Waals surface area contributed by atoms with Gasteiger partial charge in [-0.1, -0.05) is 35.3 Å². The molecule has 0 heterocycles. The van der Waals surface area contributed by atoms with E-state index in [-0.39, 0.29) is 0 Å². The van der Waals surface area contributed by atoms with Crippen molar-refractivity contribution in [3.63, 3.8) is 0 Å². The topological polar surface area (TPSA) is 23.5 Å². The maximum Gasteiger partial charge on any atom is 0.0772 e. The minimum atomic E-state index is -0.418. The van der Waals surface area contributed by atoms with Crippen molar-refractivity contribution in [2.75, 3.05) is 11.4 Å². The Morgan fingerprint density at radius 2 is 2.17 bits per heavy atom. The summed E-state index contributed by atoms with van der Waals surface area (Å²) in [7, 11) is 0. The fourth-order valence-electron chi connectivity index (χ4n) is 2.27. The molecule has 2 rings (SSSR count). The Labute approximate surface area is 118 Å². The molecule has 0 unspecified atom stereocenters. The highest BCUT2D eigenvalue weighted by Gasteiger charge is 2.29. The minimum Gasteiger partial charge on any atom is -0.389 e. The molecule has 1 fully saturated rings. The van der Waals surface area contributed by atoms with E-state index in [9.17, 15) is 5.11 Å². The van der Waals surface area contributed by atoms with Crippen molar-refractivity contribution in [1.82, 2.24) is 0 Å². The van der Waals surface area contributed by atoms with Gasteiger partial charge in [-0.3, -0.25) is 0 Å². The lowest BCUT2D eigenvalue weighted by Crippen LogP contribution is -2.26. The number of aliphatic hydroxyl groups excluding tert-OH is 1. The van der Waals surface area contributed by atoms with Crippen molar-refractivity contribution in [1.29, 1.82) is 0 Å². The van der Waals surface area contributed by atoms with E-state index in [4.69, 9.17) is 0 Å². The van der Waals surface area contributed by atoms with Gasteiger partial charge >= 0.3 is 0 Å². The Bertz CT molecular complexity index is 401. The van der Waals surface area contributed by atoms with Gasteiger partial charge < -0.3 is 10.0 Å². The molecule has 0 saturated heterocycles. The number of unbranched alkanes of at least 4 members (excludes halogenated alkanes) is 1. The third-order valence-corrected chi connectivity index (χ3v) is 4.19. The molecule has 0 spiro atoms. The van der Waals surface area contributed by atoms with Gasteiger partial charge in [0.25, 0.3) is 0 Å². The fraction of sp³-hybridized carbons (Fsp3) is 0.600. The molecule has 1 aliphatic carbocycles. The number of halogens is 1. The van der Waals surface area contributed by atoms with Crippen molar-refractivity contribution in [2.24, 2.45) is 0 Å². The van der Waals surface area contributed by atoms with E-state index in [1.165, 1.54) is 31.4 Å². The van der Waals surface area contributed by atoms with E-state index in [0.717, 1.165) is 22.6 Å². The van der Waals surface area contributed by atoms with E-state index < -0.39 is 6.10 Å². The van der Waals surface area contributed by atoms with Gasteiger partial charge in [0.05, 0.1) is 6.10 Å². The predicted octanol–water partition coefficient (Wildman–Crippen LogP) is 4.27. The molecule has 18 heavy (non-hydrogen) atoms. The summed E-state index contributed by atoms with van der Waals surface area (Å²) >= 11 is 3.57. The van der Waals surface area contributed by atoms with Crippen molar-refractivity contribution in [3.8, 4) is 0 Å². The van der Waals surface area contributed by atoms with Crippen molar-refractivity contribution < 1.29 is 5.11 Å². The van der Waals surface area contributed by atoms with Crippen molar-refractivity contribution in [2.45, 2.75) is 51.7 Å². The lowest BCUT2D eigenvalue weighted by Gasteiger charge is -2.25. The quantitative estimate of drug-likeness (QED) is 0.848. The third-order valence-electron chi connectivity index (χ3n) is 3.51. The standard InChI is InChI=1S/C15H22BrNO/c1-3-4-9-17(12-5-6-12)13-7-8-14(11(2)18)15(16)10-13/h7-8,10-12,18H,3-6,9H2,1-2H3/t11-/m1/s1. The van der Waals surface area contributed by atoms with Crippen LogP contribution in [-0.2, 0) is 0 Å². The second kappa shape index (κ2) is 6.07. The largest absolute Gasteiger partial charge is 0.389 e. The summed E-state index contributed by atoms with van der Waals surface area (Å²) in [5.74, 6) is 0. The van der Waals surface area contributed by atoms with Crippen molar-refractivity contribution >= 4 is 21.6 Å². The SMILES string of the molecule is CCCCN(c1ccc([C@@H](C)O)c(Br)c1)C1CC1. The summed E-state index contributed by atoms with van der Waals surface area (Å²) in [6.07, 6.45) is 4.69. The van der Waals surface area contributed by atoms with Gasteiger partial charge in [-0.15, -0.1) is 0 Å². The van der Waals surface area contributed by atoms with E-state index in [1.807, 2.05) is 6.07 Å². The zero-order valence-corrected chi connectivity index (χ0v) is 12.8. The Balaban J connectivity index is 2.17. The number of hydrogen-bond donors (Lipinski definition) is 1. The highest BCUT2D eigenvalue weighted by Crippen LogP contribution is 2.35. The lowest BCUT2D eigenvalue weighted by molar-refractivity contribution is 0.198. The van der Waals surface area contributed by atoms with Crippen LogP contribution in [0.25, 0.3) is 0 Å². The van der Waals surface area contributed by atoms with Crippen LogP contribution in [0.4, 0.5) is 5.69 Å². The van der Waals surface area contributed by atoms with Crippen LogP contribution >= 0.6 is 15.9 Å². The average Bonchev–Trinajstić information content (AvgIpc) is 3.13. The number of hydrogen-bond acceptors (Lipinski definition) is 2. The Morgan fingerprint density at radius 1 is 1.44 bits per heavy atom. The molecule has 2 nitrogen and oxygen atoms in total. The molecule has 0 radical (unpaired) electrons. The molecular weight excluding hydrogens is 290 g/mol. The average molecular weight is 312 g/mol. The Hall–Kier alpha value is -0.540. The van der Waals surface area contributed by atoms with Crippen LogP contribution in [0, 0.1) is 0 Å². The van der Waals surface area contributed by atoms with E-state index >= 15 is 0 Å². The number of benzene rings is 1. The summed E-state index contributed by atoms with van der Waals surface area (Å²) in [4.78, 5) is 2.51. The van der Waals surface area contributed by atoms with Crippen LogP contribution in [-0.4, -0.2) is 17.7 Å². The van der Waals surface area contributed by atoms with Gasteiger partial charge in [0.1, 0.15) is 0 Å². The van der Waals surface area contributed by atoms with Gasteiger partial charge in [0, 0.05) is 22.7 Å². The zero-order valence-electron chi connectivity index (χ0n) is 11.2. The second-order valence-electron chi connectivity index (χ2n) is 5.16. The van der Waals surface area contributed by atoms with Crippen LogP contribution in [0.1, 0.15) is 51.2 Å². The summed E-state index contributed by atoms with van der Waals surface area (Å²) < 4.78 is 1.01. The molecule has 0 bridgehead atoms. The van der Waals surface area contributed by atoms with Gasteiger partial charge in [-0.25, -0.2) is 0 Å². The van der Waals surface area contributed by atoms with Crippen LogP contribution in [0.3, 0.4) is 0 Å². The van der Waals surface area contributed by atoms with Crippen molar-refractivity contribution in [3.05, 3.63) is 28.2 Å². The van der Waals surface area contributed by atoms with Crippen LogP contribution < -0.4 is 4.90 Å². The molecule has 1 saturated carbocycles. The molecule has 3 heteroatoms. The highest BCUT2D eigenvalue weighted by atomic mass is 79.9. The van der Waals surface area contributed by atoms with Crippen LogP contribution in [0.15, 0.2) is 22.7 Å². The van der Waals surface area contributed by atoms with Gasteiger partial charge in [0.2, 0.25) is 0 Å². The molecule has 1 aromatic carbocycles. The number of anilines is 1. The predicted molar refractivity (Wildman–Crippen MR) is 80.1 cm³/mol. The first-order valence-corrected chi connectivity index (χ1v) is 7.67. The molecule has 0 aromatic heterocycles. The van der Waals surface area contributed by atoms with Crippen LogP contribution in [0.5, 0.6) is 0 Å². The number of nitrogens with zero attached hydrogens (tertiary/aromatic N) is 1. The van der Waals surface area contributed by atoms with E-state index in [0.29, 0.717) is 0 Å². The molecule has 0 aliphatic heterocycles. The number of aliphatic hydroxyl groups is 1. The second-order valence-corrected chi connectivity index (χ2v) is 6.01. The zero-order chi connectivity index (χ0) is 13.1. The van der Waals surface area contributed by atoms with Gasteiger partial charge in [-0.2, -0.15) is 0 Å². The van der Waals surface area contributed by atoms with E-state index in [1.54, 1.807) is 6.92 Å². The molecule has 0 amide bonds. The molecule has 1 aliphatic rings. The molecule has 1 N–H and O–H groups in total. The third kappa shape index (κ3) is 3.27. The number of rotatable bonds is 6. The first-order valence-electron chi connectivity index (χ1n) is 6.87. The minimum absolute atomic E-state index is 0.418. The first-order chi connectivity index (χ1) is 8.63. The summed E-state index contributed by atoms with van der Waals surface area (Å²) in [5, 5.41) is 9.65. The maximum atomic E-state index is 9.65. The Kier molecular flexibility index (Phi) is 4.68. The lowest BCUT2D eigenvalue weighted by atomic mass is 10.1. The molecular formula is C15H22BrNO. The summed E-state index contributed by atoms with van der Waals surface area (Å²) in [6.45, 7) is 5.18. The van der Waals surface area contributed by atoms with Crippen LogP contribution in [0.2, 0.25) is 0 Å². The summed E-state index contributed by atoms with van der Waals surface area (Å²) in [5.41, 5.74) is 2.24. The summed E-state index contributed by atoms with van der Waals surface area (Å²) in [6, 6.07) is 7.06. The van der Waals surface area contributed by atoms with Gasteiger partial charge in [-0.05, 0) is 43.9 Å². The first kappa shape index (κ1) is 13.9. The van der Waals surface area contributed by atoms with Gasteiger partial charge in [0.15, 0.2) is 0 Å². The maximum absolute atomic E-state index is 9.65. The molecule has 100 valence electrons. The smallest absolute Gasteiger partial charge is 0.0772 e. The normalized spacial score (nSPS) is 16.7. The molecule has 1 atom stereocenters. The Morgan fingerprint density at radius 3 is 2.67 bits per heavy atom. The highest BCUT2D eigenvalue weighted by molar-refractivity contribution is 9.10.